The second kappa shape index (κ2) is 5.98. The van der Waals surface area contributed by atoms with E-state index in [0.29, 0.717) is 18.3 Å². The van der Waals surface area contributed by atoms with E-state index in [9.17, 15) is 15.3 Å². The lowest BCUT2D eigenvalue weighted by Gasteiger charge is -2.28. The first-order valence-electron chi connectivity index (χ1n) is 6.86. The normalized spacial score (nSPS) is 44.1. The summed E-state index contributed by atoms with van der Waals surface area (Å²) in [5, 5.41) is 28.6. The summed E-state index contributed by atoms with van der Waals surface area (Å²) >= 11 is 0. The van der Waals surface area contributed by atoms with Gasteiger partial charge in [-0.3, -0.25) is 0 Å². The summed E-state index contributed by atoms with van der Waals surface area (Å²) in [6, 6.07) is 0. The molecule has 0 bridgehead atoms. The summed E-state index contributed by atoms with van der Waals surface area (Å²) in [6.45, 7) is 0. The summed E-state index contributed by atoms with van der Waals surface area (Å²) in [5.41, 5.74) is 0. The maximum atomic E-state index is 9.59. The minimum Gasteiger partial charge on any atom is -0.393 e. The van der Waals surface area contributed by atoms with Crippen molar-refractivity contribution < 1.29 is 15.3 Å². The average molecular weight is 240 g/mol. The quantitative estimate of drug-likeness (QED) is 0.643. The Bertz CT molecular complexity index is 246. The highest BCUT2D eigenvalue weighted by Gasteiger charge is 2.25. The molecule has 0 aromatic carbocycles. The minimum atomic E-state index is -0.346. The largest absolute Gasteiger partial charge is 0.393 e. The Morgan fingerprint density at radius 3 is 1.71 bits per heavy atom. The van der Waals surface area contributed by atoms with Crippen molar-refractivity contribution in [2.75, 3.05) is 0 Å². The molecule has 0 spiro atoms. The van der Waals surface area contributed by atoms with E-state index in [1.54, 1.807) is 0 Å². The summed E-state index contributed by atoms with van der Waals surface area (Å²) in [5.74, 6) is 0.898. The molecule has 0 amide bonds. The Morgan fingerprint density at radius 1 is 0.588 bits per heavy atom. The molecule has 0 aromatic heterocycles. The molecule has 0 unspecified atom stereocenters. The fourth-order valence-electron chi connectivity index (χ4n) is 3.07. The van der Waals surface area contributed by atoms with Crippen molar-refractivity contribution in [1.82, 2.24) is 0 Å². The Morgan fingerprint density at radius 2 is 1.12 bits per heavy atom. The first kappa shape index (κ1) is 13.1. The molecule has 2 saturated carbocycles. The molecule has 3 heteroatoms. The summed E-state index contributed by atoms with van der Waals surface area (Å²) in [7, 11) is 0. The minimum absolute atomic E-state index is 0.0991. The Kier molecular flexibility index (Phi) is 4.60. The second-order valence-corrected chi connectivity index (χ2v) is 5.73. The van der Waals surface area contributed by atoms with Gasteiger partial charge in [-0.05, 0) is 56.8 Å². The molecule has 17 heavy (non-hydrogen) atoms. The van der Waals surface area contributed by atoms with Gasteiger partial charge in [0.05, 0.1) is 18.3 Å². The van der Waals surface area contributed by atoms with Crippen LogP contribution in [0.2, 0.25) is 0 Å². The number of rotatable bonds is 2. The third-order valence-corrected chi connectivity index (χ3v) is 4.09. The maximum Gasteiger partial charge on any atom is 0.0570 e. The number of aliphatic hydroxyl groups excluding tert-OH is 3. The van der Waals surface area contributed by atoms with Crippen LogP contribution >= 0.6 is 0 Å². The van der Waals surface area contributed by atoms with Crippen molar-refractivity contribution >= 4 is 0 Å². The van der Waals surface area contributed by atoms with E-state index in [4.69, 9.17) is 0 Å². The molecule has 0 aromatic rings. The molecule has 2 aliphatic carbocycles. The van der Waals surface area contributed by atoms with Gasteiger partial charge >= 0.3 is 0 Å². The SMILES string of the molecule is OC1CCC(/C=C\C2C[C@H](O)C[C@@H](O)C2)CC1. The average Bonchev–Trinajstić information content (AvgIpc) is 2.27. The monoisotopic (exact) mass is 240 g/mol. The Hall–Kier alpha value is -0.380. The van der Waals surface area contributed by atoms with Crippen molar-refractivity contribution in [1.29, 1.82) is 0 Å². The van der Waals surface area contributed by atoms with Gasteiger partial charge in [-0.25, -0.2) is 0 Å². The van der Waals surface area contributed by atoms with Gasteiger partial charge in [0.25, 0.3) is 0 Å². The zero-order chi connectivity index (χ0) is 12.3. The molecule has 0 saturated heterocycles. The molecule has 2 fully saturated rings. The van der Waals surface area contributed by atoms with E-state index in [1.165, 1.54) is 0 Å². The first-order valence-corrected chi connectivity index (χ1v) is 6.86. The number of hydrogen-bond acceptors (Lipinski definition) is 3. The van der Waals surface area contributed by atoms with Gasteiger partial charge in [0.2, 0.25) is 0 Å². The highest BCUT2D eigenvalue weighted by molar-refractivity contribution is 4.97. The van der Waals surface area contributed by atoms with Crippen LogP contribution in [0.4, 0.5) is 0 Å². The van der Waals surface area contributed by atoms with E-state index >= 15 is 0 Å². The lowest BCUT2D eigenvalue weighted by atomic mass is 9.82. The smallest absolute Gasteiger partial charge is 0.0570 e. The molecule has 3 nitrogen and oxygen atoms in total. The van der Waals surface area contributed by atoms with Crippen LogP contribution in [-0.4, -0.2) is 33.6 Å². The highest BCUT2D eigenvalue weighted by Crippen LogP contribution is 2.29. The van der Waals surface area contributed by atoms with Gasteiger partial charge in [-0.1, -0.05) is 12.2 Å². The van der Waals surface area contributed by atoms with E-state index in [-0.39, 0.29) is 18.3 Å². The topological polar surface area (TPSA) is 60.7 Å². The van der Waals surface area contributed by atoms with Crippen LogP contribution in [0.15, 0.2) is 12.2 Å². The van der Waals surface area contributed by atoms with Crippen molar-refractivity contribution in [3.05, 3.63) is 12.2 Å². The van der Waals surface area contributed by atoms with Crippen LogP contribution in [-0.2, 0) is 0 Å². The third-order valence-electron chi connectivity index (χ3n) is 4.09. The maximum absolute atomic E-state index is 9.59. The van der Waals surface area contributed by atoms with Crippen LogP contribution < -0.4 is 0 Å². The van der Waals surface area contributed by atoms with Gasteiger partial charge in [0.1, 0.15) is 0 Å². The summed E-state index contributed by atoms with van der Waals surface area (Å²) < 4.78 is 0. The lowest BCUT2D eigenvalue weighted by Crippen LogP contribution is -2.28. The zero-order valence-corrected chi connectivity index (χ0v) is 10.3. The molecular weight excluding hydrogens is 216 g/mol. The molecule has 2 aliphatic rings. The van der Waals surface area contributed by atoms with Crippen molar-refractivity contribution in [2.24, 2.45) is 11.8 Å². The van der Waals surface area contributed by atoms with Gasteiger partial charge < -0.3 is 15.3 Å². The van der Waals surface area contributed by atoms with Crippen molar-refractivity contribution in [3.8, 4) is 0 Å². The molecule has 2 atom stereocenters. The van der Waals surface area contributed by atoms with Gasteiger partial charge in [-0.15, -0.1) is 0 Å². The molecule has 0 radical (unpaired) electrons. The van der Waals surface area contributed by atoms with Crippen LogP contribution in [0.25, 0.3) is 0 Å². The van der Waals surface area contributed by atoms with Crippen LogP contribution in [0, 0.1) is 11.8 Å². The number of hydrogen-bond donors (Lipinski definition) is 3. The predicted octanol–water partition coefficient (Wildman–Crippen LogP) is 1.62. The second-order valence-electron chi connectivity index (χ2n) is 5.73. The molecule has 0 heterocycles. The summed E-state index contributed by atoms with van der Waals surface area (Å²) in [6.07, 6.45) is 9.66. The molecule has 3 N–H and O–H groups in total. The lowest BCUT2D eigenvalue weighted by molar-refractivity contribution is 0.0243. The molecular formula is C14H24O3. The Balaban J connectivity index is 1.79. The van der Waals surface area contributed by atoms with E-state index in [0.717, 1.165) is 38.5 Å². The van der Waals surface area contributed by atoms with Crippen LogP contribution in [0.5, 0.6) is 0 Å². The zero-order valence-electron chi connectivity index (χ0n) is 10.3. The van der Waals surface area contributed by atoms with Crippen molar-refractivity contribution in [2.45, 2.75) is 63.3 Å². The Labute approximate surface area is 103 Å². The van der Waals surface area contributed by atoms with E-state index < -0.39 is 0 Å². The standard InChI is InChI=1S/C14H24O3/c15-12-5-3-10(4-6-12)1-2-11-7-13(16)9-14(17)8-11/h1-2,10-17H,3-9H2/b2-1-/t10?,12?,13-,14-/m0/s1. The first-order chi connectivity index (χ1) is 8.13. The summed E-state index contributed by atoms with van der Waals surface area (Å²) in [4.78, 5) is 0. The van der Waals surface area contributed by atoms with Gasteiger partial charge in [0, 0.05) is 0 Å². The molecule has 0 aliphatic heterocycles. The third kappa shape index (κ3) is 4.09. The fourth-order valence-corrected chi connectivity index (χ4v) is 3.07. The van der Waals surface area contributed by atoms with E-state index in [2.05, 4.69) is 12.2 Å². The molecule has 2 rings (SSSR count). The predicted molar refractivity (Wildman–Crippen MR) is 66.5 cm³/mol. The highest BCUT2D eigenvalue weighted by atomic mass is 16.3. The van der Waals surface area contributed by atoms with Gasteiger partial charge in [0.15, 0.2) is 0 Å². The van der Waals surface area contributed by atoms with E-state index in [1.807, 2.05) is 0 Å². The number of aliphatic hydroxyl groups is 3. The fraction of sp³-hybridized carbons (Fsp3) is 0.857. The van der Waals surface area contributed by atoms with Gasteiger partial charge in [-0.2, -0.15) is 0 Å². The van der Waals surface area contributed by atoms with Crippen LogP contribution in [0.3, 0.4) is 0 Å². The van der Waals surface area contributed by atoms with Crippen LogP contribution in [0.1, 0.15) is 44.9 Å². The van der Waals surface area contributed by atoms with Crippen molar-refractivity contribution in [3.63, 3.8) is 0 Å². The molecule has 98 valence electrons. The number of allylic oxidation sites excluding steroid dienone is 2.